The molecule has 0 spiro atoms. The number of halogens is 2. The molecule has 1 nitrogen and oxygen atoms in total. The lowest BCUT2D eigenvalue weighted by molar-refractivity contribution is 0.0988. The molecule has 0 aliphatic rings. The molecule has 0 heterocycles. The van der Waals surface area contributed by atoms with Crippen LogP contribution in [0.4, 0.5) is 8.78 Å². The average molecular weight is 246 g/mol. The van der Waals surface area contributed by atoms with Gasteiger partial charge in [-0.1, -0.05) is 29.8 Å². The van der Waals surface area contributed by atoms with Crippen molar-refractivity contribution in [3.05, 3.63) is 70.8 Å². The second-order valence-corrected chi connectivity index (χ2v) is 4.21. The topological polar surface area (TPSA) is 17.1 Å². The second-order valence-electron chi connectivity index (χ2n) is 4.21. The zero-order chi connectivity index (χ0) is 13.1. The van der Waals surface area contributed by atoms with Crippen LogP contribution < -0.4 is 0 Å². The van der Waals surface area contributed by atoms with Gasteiger partial charge in [-0.25, -0.2) is 8.78 Å². The van der Waals surface area contributed by atoms with E-state index in [0.717, 1.165) is 29.3 Å². The Morgan fingerprint density at radius 3 is 2.39 bits per heavy atom. The van der Waals surface area contributed by atoms with E-state index >= 15 is 0 Å². The van der Waals surface area contributed by atoms with Gasteiger partial charge in [-0.15, -0.1) is 0 Å². The van der Waals surface area contributed by atoms with Gasteiger partial charge >= 0.3 is 0 Å². The van der Waals surface area contributed by atoms with Gasteiger partial charge in [-0.3, -0.25) is 4.79 Å². The largest absolute Gasteiger partial charge is 0.294 e. The highest BCUT2D eigenvalue weighted by Gasteiger charge is 2.13. The van der Waals surface area contributed by atoms with Gasteiger partial charge in [0.15, 0.2) is 5.78 Å². The van der Waals surface area contributed by atoms with Crippen LogP contribution in [0.5, 0.6) is 0 Å². The highest BCUT2D eigenvalue weighted by Crippen LogP contribution is 2.13. The minimum Gasteiger partial charge on any atom is -0.294 e. The summed E-state index contributed by atoms with van der Waals surface area (Å²) in [7, 11) is 0. The molecule has 0 saturated carbocycles. The molecule has 0 fully saturated rings. The molecular weight excluding hydrogens is 234 g/mol. The van der Waals surface area contributed by atoms with E-state index in [1.807, 2.05) is 31.2 Å². The van der Waals surface area contributed by atoms with Crippen molar-refractivity contribution in [3.8, 4) is 0 Å². The van der Waals surface area contributed by atoms with Gasteiger partial charge in [-0.2, -0.15) is 0 Å². The molecule has 0 saturated heterocycles. The Morgan fingerprint density at radius 1 is 1.06 bits per heavy atom. The Hall–Kier alpha value is -2.03. The number of Topliss-reactive ketones (excluding diaryl/α,β-unsaturated/α-hetero) is 1. The molecule has 0 atom stereocenters. The molecule has 0 amide bonds. The first kappa shape index (κ1) is 12.4. The molecule has 18 heavy (non-hydrogen) atoms. The zero-order valence-corrected chi connectivity index (χ0v) is 9.91. The molecule has 2 aromatic rings. The smallest absolute Gasteiger partial charge is 0.170 e. The van der Waals surface area contributed by atoms with Crippen LogP contribution in [0.25, 0.3) is 0 Å². The van der Waals surface area contributed by atoms with E-state index in [9.17, 15) is 13.6 Å². The van der Waals surface area contributed by atoms with Crippen LogP contribution in [0.3, 0.4) is 0 Å². The fourth-order valence-electron chi connectivity index (χ4n) is 1.70. The van der Waals surface area contributed by atoms with E-state index in [4.69, 9.17) is 0 Å². The molecule has 2 rings (SSSR count). The maximum absolute atomic E-state index is 13.4. The first-order valence-electron chi connectivity index (χ1n) is 5.60. The second kappa shape index (κ2) is 5.08. The molecule has 92 valence electrons. The minimum atomic E-state index is -0.687. The maximum Gasteiger partial charge on any atom is 0.170 e. The van der Waals surface area contributed by atoms with Crippen LogP contribution in [0.15, 0.2) is 42.5 Å². The van der Waals surface area contributed by atoms with Gasteiger partial charge in [0.25, 0.3) is 0 Å². The molecule has 0 N–H and O–H groups in total. The number of rotatable bonds is 3. The predicted molar refractivity (Wildman–Crippen MR) is 65.6 cm³/mol. The highest BCUT2D eigenvalue weighted by atomic mass is 19.1. The number of carbonyl (C=O) groups is 1. The van der Waals surface area contributed by atoms with Gasteiger partial charge in [-0.05, 0) is 30.7 Å². The Bertz CT molecular complexity index is 574. The van der Waals surface area contributed by atoms with Crippen molar-refractivity contribution in [2.24, 2.45) is 0 Å². The van der Waals surface area contributed by atoms with Gasteiger partial charge in [0.1, 0.15) is 11.6 Å². The van der Waals surface area contributed by atoms with Crippen LogP contribution in [-0.4, -0.2) is 5.78 Å². The summed E-state index contributed by atoms with van der Waals surface area (Å²) in [5.41, 5.74) is 1.67. The monoisotopic (exact) mass is 246 g/mol. The van der Waals surface area contributed by atoms with E-state index < -0.39 is 17.4 Å². The van der Waals surface area contributed by atoms with Crippen molar-refractivity contribution in [1.29, 1.82) is 0 Å². The molecule has 0 radical (unpaired) electrons. The number of benzene rings is 2. The summed E-state index contributed by atoms with van der Waals surface area (Å²) in [6.45, 7) is 1.94. The molecule has 0 aliphatic heterocycles. The molecule has 0 aliphatic carbocycles. The summed E-state index contributed by atoms with van der Waals surface area (Å²) >= 11 is 0. The van der Waals surface area contributed by atoms with E-state index in [1.54, 1.807) is 0 Å². The normalized spacial score (nSPS) is 10.4. The maximum atomic E-state index is 13.4. The lowest BCUT2D eigenvalue weighted by Gasteiger charge is -2.03. The fourth-order valence-corrected chi connectivity index (χ4v) is 1.70. The van der Waals surface area contributed by atoms with Gasteiger partial charge in [0.05, 0.1) is 5.56 Å². The molecule has 3 heteroatoms. The fraction of sp³-hybridized carbons (Fsp3) is 0.133. The first-order valence-corrected chi connectivity index (χ1v) is 5.60. The van der Waals surface area contributed by atoms with Crippen LogP contribution in [-0.2, 0) is 6.42 Å². The van der Waals surface area contributed by atoms with Gasteiger partial charge in [0, 0.05) is 6.42 Å². The average Bonchev–Trinajstić information content (AvgIpc) is 2.35. The van der Waals surface area contributed by atoms with Crippen LogP contribution >= 0.6 is 0 Å². The van der Waals surface area contributed by atoms with Crippen molar-refractivity contribution in [2.75, 3.05) is 0 Å². The highest BCUT2D eigenvalue weighted by molar-refractivity contribution is 5.97. The van der Waals surface area contributed by atoms with Gasteiger partial charge < -0.3 is 0 Å². The number of ketones is 1. The summed E-state index contributed by atoms with van der Waals surface area (Å²) in [5, 5.41) is 0. The summed E-state index contributed by atoms with van der Waals surface area (Å²) in [4.78, 5) is 11.9. The third kappa shape index (κ3) is 2.80. The van der Waals surface area contributed by atoms with Crippen molar-refractivity contribution < 1.29 is 13.6 Å². The standard InChI is InChI=1S/C15H12F2O/c1-10-2-4-11(5-3-10)8-15(18)13-9-12(16)6-7-14(13)17/h2-7,9H,8H2,1H3. The summed E-state index contributed by atoms with van der Waals surface area (Å²) in [5.74, 6) is -1.71. The van der Waals surface area contributed by atoms with Crippen molar-refractivity contribution in [3.63, 3.8) is 0 Å². The van der Waals surface area contributed by atoms with Crippen LogP contribution in [0.1, 0.15) is 21.5 Å². The Kier molecular flexibility index (Phi) is 3.51. The Morgan fingerprint density at radius 2 is 1.72 bits per heavy atom. The first-order chi connectivity index (χ1) is 8.56. The number of hydrogen-bond donors (Lipinski definition) is 0. The summed E-state index contributed by atoms with van der Waals surface area (Å²) < 4.78 is 26.4. The Balaban J connectivity index is 2.21. The third-order valence-corrected chi connectivity index (χ3v) is 2.71. The molecule has 0 aromatic heterocycles. The predicted octanol–water partition coefficient (Wildman–Crippen LogP) is 3.70. The van der Waals surface area contributed by atoms with E-state index in [1.165, 1.54) is 0 Å². The molecular formula is C15H12F2O. The van der Waals surface area contributed by atoms with Crippen LogP contribution in [0, 0.1) is 18.6 Å². The summed E-state index contributed by atoms with van der Waals surface area (Å²) in [6.07, 6.45) is 0.0701. The van der Waals surface area contributed by atoms with E-state index in [0.29, 0.717) is 0 Å². The SMILES string of the molecule is Cc1ccc(CC(=O)c2cc(F)ccc2F)cc1. The lowest BCUT2D eigenvalue weighted by Crippen LogP contribution is -2.06. The zero-order valence-electron chi connectivity index (χ0n) is 9.91. The minimum absolute atomic E-state index is 0.0701. The summed E-state index contributed by atoms with van der Waals surface area (Å²) in [6, 6.07) is 10.3. The quantitative estimate of drug-likeness (QED) is 0.755. The van der Waals surface area contributed by atoms with E-state index in [2.05, 4.69) is 0 Å². The van der Waals surface area contributed by atoms with Crippen molar-refractivity contribution in [1.82, 2.24) is 0 Å². The van der Waals surface area contributed by atoms with Crippen LogP contribution in [0.2, 0.25) is 0 Å². The lowest BCUT2D eigenvalue weighted by atomic mass is 10.0. The Labute approximate surface area is 104 Å². The number of hydrogen-bond acceptors (Lipinski definition) is 1. The van der Waals surface area contributed by atoms with Gasteiger partial charge in [0.2, 0.25) is 0 Å². The molecule has 0 unspecified atom stereocenters. The van der Waals surface area contributed by atoms with Crippen molar-refractivity contribution in [2.45, 2.75) is 13.3 Å². The van der Waals surface area contributed by atoms with E-state index in [-0.39, 0.29) is 12.0 Å². The molecule has 2 aromatic carbocycles. The molecule has 0 bridgehead atoms. The number of aryl methyl sites for hydroxylation is 1. The third-order valence-electron chi connectivity index (χ3n) is 2.71. The van der Waals surface area contributed by atoms with Crippen molar-refractivity contribution >= 4 is 5.78 Å². The number of carbonyl (C=O) groups excluding carboxylic acids is 1.